The fraction of sp³-hybridized carbons (Fsp3) is 0.438. The molecule has 1 amide bonds. The van der Waals surface area contributed by atoms with Gasteiger partial charge in [0.25, 0.3) is 5.91 Å². The SMILES string of the molecule is COCCOCCNC(=O)c1cc(C)cc(C#CCN)c1. The molecule has 0 aliphatic carbocycles. The molecule has 21 heavy (non-hydrogen) atoms. The molecule has 0 radical (unpaired) electrons. The third-order valence-corrected chi connectivity index (χ3v) is 2.64. The van der Waals surface area contributed by atoms with E-state index in [1.165, 1.54) is 0 Å². The fourth-order valence-electron chi connectivity index (χ4n) is 1.72. The van der Waals surface area contributed by atoms with Gasteiger partial charge in [-0.05, 0) is 30.7 Å². The quantitative estimate of drug-likeness (QED) is 0.572. The number of carbonyl (C=O) groups excluding carboxylic acids is 1. The van der Waals surface area contributed by atoms with Crippen molar-refractivity contribution in [1.82, 2.24) is 5.32 Å². The molecule has 1 rings (SSSR count). The monoisotopic (exact) mass is 290 g/mol. The predicted molar refractivity (Wildman–Crippen MR) is 82.1 cm³/mol. The first-order chi connectivity index (χ1) is 10.2. The van der Waals surface area contributed by atoms with Crippen molar-refractivity contribution in [2.45, 2.75) is 6.92 Å². The molecule has 0 atom stereocenters. The Morgan fingerprint density at radius 1 is 1.29 bits per heavy atom. The minimum Gasteiger partial charge on any atom is -0.382 e. The number of ether oxygens (including phenoxy) is 2. The highest BCUT2D eigenvalue weighted by Crippen LogP contribution is 2.09. The Labute approximate surface area is 125 Å². The summed E-state index contributed by atoms with van der Waals surface area (Å²) < 4.78 is 10.1. The number of hydrogen-bond acceptors (Lipinski definition) is 4. The van der Waals surface area contributed by atoms with Gasteiger partial charge in [0, 0.05) is 24.8 Å². The summed E-state index contributed by atoms with van der Waals surface area (Å²) in [5.74, 6) is 5.59. The van der Waals surface area contributed by atoms with E-state index in [-0.39, 0.29) is 5.91 Å². The minimum absolute atomic E-state index is 0.134. The highest BCUT2D eigenvalue weighted by atomic mass is 16.5. The predicted octanol–water partition coefficient (Wildman–Crippen LogP) is 0.698. The lowest BCUT2D eigenvalue weighted by Crippen LogP contribution is -2.27. The first kappa shape index (κ1) is 17.2. The summed E-state index contributed by atoms with van der Waals surface area (Å²) in [6, 6.07) is 5.51. The first-order valence-electron chi connectivity index (χ1n) is 6.83. The molecule has 3 N–H and O–H groups in total. The van der Waals surface area contributed by atoms with Crippen LogP contribution in [-0.4, -0.2) is 45.9 Å². The fourth-order valence-corrected chi connectivity index (χ4v) is 1.72. The van der Waals surface area contributed by atoms with Crippen LogP contribution in [-0.2, 0) is 9.47 Å². The van der Waals surface area contributed by atoms with E-state index < -0.39 is 0 Å². The second-order valence-electron chi connectivity index (χ2n) is 4.45. The smallest absolute Gasteiger partial charge is 0.251 e. The summed E-state index contributed by atoms with van der Waals surface area (Å²) in [6.07, 6.45) is 0. The van der Waals surface area contributed by atoms with Crippen LogP contribution in [0.25, 0.3) is 0 Å². The Balaban J connectivity index is 2.51. The van der Waals surface area contributed by atoms with Crippen LogP contribution in [0.5, 0.6) is 0 Å². The van der Waals surface area contributed by atoms with Crippen molar-refractivity contribution in [1.29, 1.82) is 0 Å². The number of nitrogens with two attached hydrogens (primary N) is 1. The molecular formula is C16H22N2O3. The van der Waals surface area contributed by atoms with E-state index in [9.17, 15) is 4.79 Å². The third-order valence-electron chi connectivity index (χ3n) is 2.64. The molecule has 0 aromatic heterocycles. The number of benzene rings is 1. The lowest BCUT2D eigenvalue weighted by atomic mass is 10.1. The summed E-state index contributed by atoms with van der Waals surface area (Å²) in [5.41, 5.74) is 7.72. The van der Waals surface area contributed by atoms with Crippen molar-refractivity contribution in [3.8, 4) is 11.8 Å². The van der Waals surface area contributed by atoms with Gasteiger partial charge in [-0.3, -0.25) is 4.79 Å². The van der Waals surface area contributed by atoms with E-state index in [4.69, 9.17) is 15.2 Å². The van der Waals surface area contributed by atoms with E-state index in [1.807, 2.05) is 19.1 Å². The highest BCUT2D eigenvalue weighted by Gasteiger charge is 2.06. The molecule has 0 spiro atoms. The number of carbonyl (C=O) groups is 1. The summed E-state index contributed by atoms with van der Waals surface area (Å²) in [7, 11) is 1.62. The van der Waals surface area contributed by atoms with Gasteiger partial charge in [0.05, 0.1) is 26.4 Å². The van der Waals surface area contributed by atoms with Crippen molar-refractivity contribution < 1.29 is 14.3 Å². The van der Waals surface area contributed by atoms with Gasteiger partial charge in [0.2, 0.25) is 0 Å². The van der Waals surface area contributed by atoms with Crippen molar-refractivity contribution in [2.24, 2.45) is 5.73 Å². The van der Waals surface area contributed by atoms with Crippen molar-refractivity contribution in [2.75, 3.05) is 40.0 Å². The zero-order valence-electron chi connectivity index (χ0n) is 12.6. The molecule has 0 aliphatic heterocycles. The molecule has 1 aromatic rings. The molecule has 0 unspecified atom stereocenters. The largest absolute Gasteiger partial charge is 0.382 e. The molecule has 5 nitrogen and oxygen atoms in total. The van der Waals surface area contributed by atoms with Crippen LogP contribution >= 0.6 is 0 Å². The zero-order chi connectivity index (χ0) is 15.5. The maximum absolute atomic E-state index is 12.0. The molecule has 0 fully saturated rings. The van der Waals surface area contributed by atoms with E-state index in [1.54, 1.807) is 13.2 Å². The summed E-state index contributed by atoms with van der Waals surface area (Å²) in [4.78, 5) is 12.0. The van der Waals surface area contributed by atoms with Crippen molar-refractivity contribution in [3.05, 3.63) is 34.9 Å². The Morgan fingerprint density at radius 2 is 2.10 bits per heavy atom. The van der Waals surface area contributed by atoms with Crippen LogP contribution in [0.15, 0.2) is 18.2 Å². The van der Waals surface area contributed by atoms with Crippen molar-refractivity contribution >= 4 is 5.91 Å². The molecule has 5 heteroatoms. The maximum Gasteiger partial charge on any atom is 0.251 e. The lowest BCUT2D eigenvalue weighted by Gasteiger charge is -2.07. The average Bonchev–Trinajstić information content (AvgIpc) is 2.48. The molecule has 1 aromatic carbocycles. The third kappa shape index (κ3) is 6.91. The van der Waals surface area contributed by atoms with Gasteiger partial charge < -0.3 is 20.5 Å². The van der Waals surface area contributed by atoms with Gasteiger partial charge in [-0.1, -0.05) is 11.8 Å². The first-order valence-corrected chi connectivity index (χ1v) is 6.83. The van der Waals surface area contributed by atoms with Crippen LogP contribution in [0.1, 0.15) is 21.5 Å². The number of hydrogen-bond donors (Lipinski definition) is 2. The van der Waals surface area contributed by atoms with Crippen LogP contribution in [0, 0.1) is 18.8 Å². The number of aryl methyl sites for hydroxylation is 1. The molecule has 0 bridgehead atoms. The minimum atomic E-state index is -0.134. The normalized spacial score (nSPS) is 9.86. The Hall–Kier alpha value is -1.87. The molecular weight excluding hydrogens is 268 g/mol. The van der Waals surface area contributed by atoms with Crippen LogP contribution in [0.3, 0.4) is 0 Å². The Morgan fingerprint density at radius 3 is 2.81 bits per heavy atom. The van der Waals surface area contributed by atoms with Gasteiger partial charge in [0.15, 0.2) is 0 Å². The summed E-state index contributed by atoms with van der Waals surface area (Å²) in [5, 5.41) is 2.81. The highest BCUT2D eigenvalue weighted by molar-refractivity contribution is 5.94. The zero-order valence-corrected chi connectivity index (χ0v) is 12.6. The van der Waals surface area contributed by atoms with Crippen LogP contribution < -0.4 is 11.1 Å². The van der Waals surface area contributed by atoms with Gasteiger partial charge in [-0.25, -0.2) is 0 Å². The second-order valence-corrected chi connectivity index (χ2v) is 4.45. The van der Waals surface area contributed by atoms with E-state index in [0.717, 1.165) is 11.1 Å². The number of nitrogens with one attached hydrogen (secondary N) is 1. The maximum atomic E-state index is 12.0. The molecule has 0 aliphatic rings. The van der Waals surface area contributed by atoms with Gasteiger partial charge >= 0.3 is 0 Å². The van der Waals surface area contributed by atoms with Crippen molar-refractivity contribution in [3.63, 3.8) is 0 Å². The van der Waals surface area contributed by atoms with Gasteiger partial charge in [0.1, 0.15) is 0 Å². The number of methoxy groups -OCH3 is 1. The Bertz CT molecular complexity index is 518. The molecule has 0 heterocycles. The van der Waals surface area contributed by atoms with Crippen LogP contribution in [0.4, 0.5) is 0 Å². The van der Waals surface area contributed by atoms with E-state index in [0.29, 0.717) is 38.5 Å². The molecule has 0 saturated heterocycles. The second kappa shape index (κ2) is 9.94. The molecule has 0 saturated carbocycles. The van der Waals surface area contributed by atoms with Gasteiger partial charge in [-0.2, -0.15) is 0 Å². The van der Waals surface area contributed by atoms with E-state index >= 15 is 0 Å². The standard InChI is InChI=1S/C16H22N2O3/c1-13-10-14(4-3-5-17)12-15(11-13)16(19)18-6-7-21-9-8-20-2/h10-12H,5-9,17H2,1-2H3,(H,18,19). The number of rotatable bonds is 7. The number of amides is 1. The Kier molecular flexibility index (Phi) is 8.14. The van der Waals surface area contributed by atoms with Crippen LogP contribution in [0.2, 0.25) is 0 Å². The molecule has 114 valence electrons. The summed E-state index contributed by atoms with van der Waals surface area (Å²) in [6.45, 7) is 4.22. The van der Waals surface area contributed by atoms with Gasteiger partial charge in [-0.15, -0.1) is 0 Å². The topological polar surface area (TPSA) is 73.6 Å². The summed E-state index contributed by atoms with van der Waals surface area (Å²) >= 11 is 0. The average molecular weight is 290 g/mol. The lowest BCUT2D eigenvalue weighted by molar-refractivity contribution is 0.0692. The van der Waals surface area contributed by atoms with E-state index in [2.05, 4.69) is 17.2 Å².